The van der Waals surface area contributed by atoms with Gasteiger partial charge in [0.25, 0.3) is 5.91 Å². The van der Waals surface area contributed by atoms with Crippen molar-refractivity contribution < 1.29 is 4.79 Å². The molecule has 0 saturated heterocycles. The van der Waals surface area contributed by atoms with Gasteiger partial charge in [0.1, 0.15) is 0 Å². The van der Waals surface area contributed by atoms with Crippen molar-refractivity contribution in [3.05, 3.63) is 56.7 Å². The van der Waals surface area contributed by atoms with E-state index in [1.165, 1.54) is 16.9 Å². The monoisotopic (exact) mass is 467 g/mol. The molecule has 1 aromatic heterocycles. The van der Waals surface area contributed by atoms with E-state index in [-0.39, 0.29) is 11.0 Å². The van der Waals surface area contributed by atoms with E-state index < -0.39 is 0 Å². The molecule has 0 spiro atoms. The van der Waals surface area contributed by atoms with E-state index in [1.54, 1.807) is 6.07 Å². The average molecular weight is 467 g/mol. The van der Waals surface area contributed by atoms with Crippen LogP contribution in [0, 0.1) is 17.4 Å². The van der Waals surface area contributed by atoms with Crippen molar-refractivity contribution in [1.82, 2.24) is 10.3 Å². The summed E-state index contributed by atoms with van der Waals surface area (Å²) < 4.78 is 2.01. The molecule has 0 bridgehead atoms. The number of aryl methyl sites for hydroxylation is 2. The van der Waals surface area contributed by atoms with Crippen LogP contribution in [0.25, 0.3) is 10.2 Å². The highest BCUT2D eigenvalue weighted by Crippen LogP contribution is 2.30. The largest absolute Gasteiger partial charge is 0.308 e. The van der Waals surface area contributed by atoms with Gasteiger partial charge >= 0.3 is 0 Å². The number of aromatic nitrogens is 1. The number of amides is 1. The summed E-state index contributed by atoms with van der Waals surface area (Å²) >= 11 is 8.90. The Kier molecular flexibility index (Phi) is 5.12. The lowest BCUT2D eigenvalue weighted by molar-refractivity contribution is 0.0977. The Morgan fingerprint density at radius 3 is 2.58 bits per heavy atom. The van der Waals surface area contributed by atoms with E-state index in [0.29, 0.717) is 10.7 Å². The van der Waals surface area contributed by atoms with Crippen LogP contribution < -0.4 is 10.6 Å². The molecule has 2 aromatic carbocycles. The number of benzene rings is 2. The maximum Gasteiger partial charge on any atom is 0.258 e. The number of nitrogens with zero attached hydrogens (tertiary/aromatic N) is 1. The SMILES string of the molecule is Cc1ccc(C)c2sc(NC(=S)NC(=O)c3ccccc3I)nc12. The van der Waals surface area contributed by atoms with E-state index in [0.717, 1.165) is 19.4 Å². The molecule has 1 amide bonds. The number of hydrogen-bond donors (Lipinski definition) is 2. The van der Waals surface area contributed by atoms with Crippen molar-refractivity contribution in [1.29, 1.82) is 0 Å². The molecule has 3 aromatic rings. The van der Waals surface area contributed by atoms with Gasteiger partial charge in [0, 0.05) is 3.57 Å². The van der Waals surface area contributed by atoms with Crippen molar-refractivity contribution in [3.8, 4) is 0 Å². The van der Waals surface area contributed by atoms with E-state index >= 15 is 0 Å². The van der Waals surface area contributed by atoms with Crippen molar-refractivity contribution in [2.75, 3.05) is 5.32 Å². The lowest BCUT2D eigenvalue weighted by Gasteiger charge is -2.08. The fourth-order valence-corrected chi connectivity index (χ4v) is 4.16. The summed E-state index contributed by atoms with van der Waals surface area (Å²) in [5, 5.41) is 6.63. The van der Waals surface area contributed by atoms with Crippen LogP contribution in [0.1, 0.15) is 21.5 Å². The topological polar surface area (TPSA) is 54.0 Å². The number of nitrogens with one attached hydrogen (secondary N) is 2. The summed E-state index contributed by atoms with van der Waals surface area (Å²) in [6.07, 6.45) is 0. The lowest BCUT2D eigenvalue weighted by atomic mass is 10.1. The van der Waals surface area contributed by atoms with Crippen molar-refractivity contribution >= 4 is 72.5 Å². The van der Waals surface area contributed by atoms with Crippen LogP contribution in [0.3, 0.4) is 0 Å². The second-order valence-corrected chi connectivity index (χ2v) is 7.85. The van der Waals surface area contributed by atoms with Gasteiger partial charge in [-0.15, -0.1) is 0 Å². The van der Waals surface area contributed by atoms with Gasteiger partial charge in [0.2, 0.25) is 0 Å². The van der Waals surface area contributed by atoms with E-state index in [2.05, 4.69) is 57.3 Å². The quantitative estimate of drug-likeness (QED) is 0.426. The summed E-state index contributed by atoms with van der Waals surface area (Å²) in [5.41, 5.74) is 3.86. The predicted molar refractivity (Wildman–Crippen MR) is 112 cm³/mol. The maximum atomic E-state index is 12.3. The highest BCUT2D eigenvalue weighted by molar-refractivity contribution is 14.1. The third kappa shape index (κ3) is 3.57. The minimum absolute atomic E-state index is 0.231. The van der Waals surface area contributed by atoms with E-state index in [9.17, 15) is 4.79 Å². The number of hydrogen-bond acceptors (Lipinski definition) is 4. The van der Waals surface area contributed by atoms with Crippen LogP contribution in [-0.2, 0) is 0 Å². The molecule has 7 heteroatoms. The van der Waals surface area contributed by atoms with Crippen LogP contribution in [0.2, 0.25) is 0 Å². The normalized spacial score (nSPS) is 10.6. The molecular weight excluding hydrogens is 453 g/mol. The minimum atomic E-state index is -0.231. The van der Waals surface area contributed by atoms with Crippen molar-refractivity contribution in [2.45, 2.75) is 13.8 Å². The molecule has 4 nitrogen and oxygen atoms in total. The number of halogens is 1. The number of thiocarbonyl (C=S) groups is 1. The molecule has 24 heavy (non-hydrogen) atoms. The van der Waals surface area contributed by atoms with Crippen molar-refractivity contribution in [3.63, 3.8) is 0 Å². The summed E-state index contributed by atoms with van der Waals surface area (Å²) in [7, 11) is 0. The van der Waals surface area contributed by atoms with Crippen LogP contribution in [0.5, 0.6) is 0 Å². The number of carbonyl (C=O) groups excluding carboxylic acids is 1. The Bertz CT molecular complexity index is 913. The third-order valence-corrected chi connectivity index (χ3v) is 5.76. The number of rotatable bonds is 2. The second-order valence-electron chi connectivity index (χ2n) is 5.28. The Balaban J connectivity index is 1.76. The molecule has 0 radical (unpaired) electrons. The Morgan fingerprint density at radius 2 is 1.88 bits per heavy atom. The van der Waals surface area contributed by atoms with E-state index in [1.807, 2.05) is 25.1 Å². The molecule has 0 unspecified atom stereocenters. The van der Waals surface area contributed by atoms with Gasteiger partial charge in [-0.2, -0.15) is 0 Å². The average Bonchev–Trinajstić information content (AvgIpc) is 2.96. The van der Waals surface area contributed by atoms with Crippen molar-refractivity contribution in [2.24, 2.45) is 0 Å². The predicted octanol–water partition coefficient (Wildman–Crippen LogP) is 4.64. The maximum absolute atomic E-state index is 12.3. The van der Waals surface area contributed by atoms with Gasteiger partial charge in [-0.1, -0.05) is 35.6 Å². The summed E-state index contributed by atoms with van der Waals surface area (Å²) in [5.74, 6) is -0.231. The standard InChI is InChI=1S/C17H14IN3OS2/c1-9-7-8-10(2)14-13(9)19-17(24-14)21-16(23)20-15(22)11-5-3-4-6-12(11)18/h3-8H,1-2H3,(H2,19,20,21,22,23). The Hall–Kier alpha value is -1.58. The molecule has 3 rings (SSSR count). The van der Waals surface area contributed by atoms with Gasteiger partial charge in [0.15, 0.2) is 10.2 Å². The molecule has 0 aliphatic rings. The fraction of sp³-hybridized carbons (Fsp3) is 0.118. The Morgan fingerprint density at radius 1 is 1.17 bits per heavy atom. The molecule has 2 N–H and O–H groups in total. The van der Waals surface area contributed by atoms with Crippen LogP contribution >= 0.6 is 46.1 Å². The zero-order chi connectivity index (χ0) is 17.3. The van der Waals surface area contributed by atoms with Gasteiger partial charge in [-0.3, -0.25) is 10.1 Å². The van der Waals surface area contributed by atoms with Gasteiger partial charge in [-0.25, -0.2) is 4.98 Å². The number of fused-ring (bicyclic) bond motifs is 1. The molecule has 0 saturated carbocycles. The first-order valence-corrected chi connectivity index (χ1v) is 9.49. The summed E-state index contributed by atoms with van der Waals surface area (Å²) in [6, 6.07) is 11.5. The molecule has 0 atom stereocenters. The lowest BCUT2D eigenvalue weighted by Crippen LogP contribution is -2.34. The highest BCUT2D eigenvalue weighted by atomic mass is 127. The molecular formula is C17H14IN3OS2. The molecule has 0 fully saturated rings. The first kappa shape index (κ1) is 17.2. The smallest absolute Gasteiger partial charge is 0.258 e. The van der Waals surface area contributed by atoms with Crippen LogP contribution in [0.4, 0.5) is 5.13 Å². The van der Waals surface area contributed by atoms with Crippen LogP contribution in [0.15, 0.2) is 36.4 Å². The molecule has 0 aliphatic heterocycles. The molecule has 0 aliphatic carbocycles. The third-order valence-electron chi connectivity index (χ3n) is 3.51. The van der Waals surface area contributed by atoms with Gasteiger partial charge < -0.3 is 5.32 Å². The first-order valence-electron chi connectivity index (χ1n) is 7.19. The minimum Gasteiger partial charge on any atom is -0.308 e. The fourth-order valence-electron chi connectivity index (χ4n) is 2.26. The zero-order valence-electron chi connectivity index (χ0n) is 13.0. The molecule has 1 heterocycles. The number of thiazole rings is 1. The number of carbonyl (C=O) groups is 1. The highest BCUT2D eigenvalue weighted by Gasteiger charge is 2.13. The Labute approximate surface area is 162 Å². The summed E-state index contributed by atoms with van der Waals surface area (Å²) in [6.45, 7) is 4.09. The second kappa shape index (κ2) is 7.12. The van der Waals surface area contributed by atoms with Gasteiger partial charge in [0.05, 0.1) is 15.8 Å². The number of anilines is 1. The zero-order valence-corrected chi connectivity index (χ0v) is 16.8. The molecule has 122 valence electrons. The van der Waals surface area contributed by atoms with Gasteiger partial charge in [-0.05, 0) is 71.9 Å². The first-order chi connectivity index (χ1) is 11.5. The van der Waals surface area contributed by atoms with Crippen LogP contribution in [-0.4, -0.2) is 16.0 Å². The summed E-state index contributed by atoms with van der Waals surface area (Å²) in [4.78, 5) is 16.9. The van der Waals surface area contributed by atoms with E-state index in [4.69, 9.17) is 12.2 Å².